The van der Waals surface area contributed by atoms with E-state index in [1.54, 1.807) is 0 Å². The Morgan fingerprint density at radius 2 is 0.800 bits per heavy atom. The van der Waals surface area contributed by atoms with Gasteiger partial charge in [0.25, 0.3) is 0 Å². The first-order valence-electron chi connectivity index (χ1n) is 16.9. The van der Waals surface area contributed by atoms with E-state index in [-0.39, 0.29) is 0 Å². The summed E-state index contributed by atoms with van der Waals surface area (Å²) in [6.07, 6.45) is 0. The van der Waals surface area contributed by atoms with Gasteiger partial charge in [0.2, 0.25) is 0 Å². The minimum atomic E-state index is 0.650. The van der Waals surface area contributed by atoms with Gasteiger partial charge in [0, 0.05) is 16.7 Å². The molecule has 0 aliphatic carbocycles. The third kappa shape index (κ3) is 4.71. The molecule has 0 aliphatic rings. The molecule has 0 bridgehead atoms. The molecule has 1 heterocycles. The van der Waals surface area contributed by atoms with E-state index in [9.17, 15) is 0 Å². The number of rotatable bonds is 4. The molecule has 0 atom stereocenters. The zero-order valence-electron chi connectivity index (χ0n) is 27.1. The van der Waals surface area contributed by atoms with Crippen molar-refractivity contribution in [3.8, 4) is 45.3 Å². The molecule has 3 nitrogen and oxygen atoms in total. The maximum absolute atomic E-state index is 5.29. The van der Waals surface area contributed by atoms with Crippen molar-refractivity contribution >= 4 is 53.9 Å². The van der Waals surface area contributed by atoms with Crippen LogP contribution in [0.1, 0.15) is 0 Å². The van der Waals surface area contributed by atoms with Gasteiger partial charge in [0.05, 0.1) is 0 Å². The van der Waals surface area contributed by atoms with Crippen LogP contribution in [0.3, 0.4) is 0 Å². The predicted molar refractivity (Wildman–Crippen MR) is 209 cm³/mol. The highest BCUT2D eigenvalue weighted by Gasteiger charge is 2.19. The summed E-state index contributed by atoms with van der Waals surface area (Å²) in [5, 5.41) is 11.6. The molecule has 3 heteroatoms. The fourth-order valence-corrected chi connectivity index (χ4v) is 7.42. The second kappa shape index (κ2) is 11.5. The number of benzene rings is 9. The lowest BCUT2D eigenvalue weighted by molar-refractivity contribution is 1.08. The van der Waals surface area contributed by atoms with Gasteiger partial charge < -0.3 is 0 Å². The third-order valence-corrected chi connectivity index (χ3v) is 9.86. The Morgan fingerprint density at radius 3 is 1.48 bits per heavy atom. The average molecular weight is 636 g/mol. The van der Waals surface area contributed by atoms with Crippen LogP contribution in [0, 0.1) is 0 Å². The van der Waals surface area contributed by atoms with Gasteiger partial charge in [-0.2, -0.15) is 0 Å². The van der Waals surface area contributed by atoms with Crippen LogP contribution in [-0.4, -0.2) is 15.0 Å². The molecule has 0 saturated heterocycles. The second-order valence-electron chi connectivity index (χ2n) is 12.8. The number of hydrogen-bond acceptors (Lipinski definition) is 3. The number of hydrogen-bond donors (Lipinski definition) is 0. The third-order valence-electron chi connectivity index (χ3n) is 9.86. The second-order valence-corrected chi connectivity index (χ2v) is 12.8. The van der Waals surface area contributed by atoms with E-state index >= 15 is 0 Å². The molecule has 10 aromatic rings. The number of aromatic nitrogens is 3. The van der Waals surface area contributed by atoms with E-state index in [1.165, 1.54) is 38.1 Å². The highest BCUT2D eigenvalue weighted by molar-refractivity contribution is 6.21. The monoisotopic (exact) mass is 635 g/mol. The fourth-order valence-electron chi connectivity index (χ4n) is 7.42. The van der Waals surface area contributed by atoms with Crippen LogP contribution in [0.5, 0.6) is 0 Å². The van der Waals surface area contributed by atoms with Crippen LogP contribution < -0.4 is 0 Å². The zero-order valence-corrected chi connectivity index (χ0v) is 27.1. The lowest BCUT2D eigenvalue weighted by Gasteiger charge is -2.16. The number of fused-ring (bicyclic) bond motifs is 6. The molecule has 0 saturated carbocycles. The summed E-state index contributed by atoms with van der Waals surface area (Å²) in [4.78, 5) is 15.7. The molecule has 0 radical (unpaired) electrons. The van der Waals surface area contributed by atoms with Gasteiger partial charge in [-0.1, -0.05) is 158 Å². The van der Waals surface area contributed by atoms with Crippen molar-refractivity contribution in [1.82, 2.24) is 15.0 Å². The minimum absolute atomic E-state index is 0.650. The van der Waals surface area contributed by atoms with Crippen molar-refractivity contribution in [3.05, 3.63) is 176 Å². The van der Waals surface area contributed by atoms with Crippen molar-refractivity contribution in [2.45, 2.75) is 0 Å². The van der Waals surface area contributed by atoms with Crippen LogP contribution in [0.25, 0.3) is 99.2 Å². The van der Waals surface area contributed by atoms with Gasteiger partial charge in [0.1, 0.15) is 0 Å². The standard InChI is InChI=1S/C47H29N3/c1-2-13-32(14-3-1)38-19-10-20-40-41(38)25-26-42-43(40)29-35-17-8-9-18-39(35)44(42)47-49-45(36-23-21-30-11-4-6-15-33(30)27-36)48-46(50-47)37-24-22-31-12-5-7-16-34(31)28-37/h1-29H. The van der Waals surface area contributed by atoms with Gasteiger partial charge >= 0.3 is 0 Å². The summed E-state index contributed by atoms with van der Waals surface area (Å²) in [6, 6.07) is 62.3. The Labute approximate surface area is 289 Å². The topological polar surface area (TPSA) is 38.7 Å². The van der Waals surface area contributed by atoms with Crippen molar-refractivity contribution in [2.75, 3.05) is 0 Å². The average Bonchev–Trinajstić information content (AvgIpc) is 3.19. The van der Waals surface area contributed by atoms with Gasteiger partial charge in [-0.3, -0.25) is 0 Å². The summed E-state index contributed by atoms with van der Waals surface area (Å²) >= 11 is 0. The first-order valence-corrected chi connectivity index (χ1v) is 16.9. The molecule has 0 unspecified atom stereocenters. The first-order chi connectivity index (χ1) is 24.8. The Hall–Kier alpha value is -6.71. The van der Waals surface area contributed by atoms with Crippen molar-refractivity contribution < 1.29 is 0 Å². The van der Waals surface area contributed by atoms with Crippen molar-refractivity contribution in [2.24, 2.45) is 0 Å². The quantitative estimate of drug-likeness (QED) is 0.143. The van der Waals surface area contributed by atoms with Gasteiger partial charge in [-0.05, 0) is 83.2 Å². The molecule has 0 spiro atoms. The summed E-state index contributed by atoms with van der Waals surface area (Å²) in [5.41, 5.74) is 5.35. The highest BCUT2D eigenvalue weighted by atomic mass is 15.0. The summed E-state index contributed by atoms with van der Waals surface area (Å²) in [7, 11) is 0. The lowest BCUT2D eigenvalue weighted by atomic mass is 9.90. The first kappa shape index (κ1) is 28.3. The van der Waals surface area contributed by atoms with Crippen LogP contribution in [0.4, 0.5) is 0 Å². The van der Waals surface area contributed by atoms with E-state index in [0.717, 1.165) is 43.6 Å². The van der Waals surface area contributed by atoms with Gasteiger partial charge in [-0.25, -0.2) is 15.0 Å². The van der Waals surface area contributed by atoms with Crippen LogP contribution in [-0.2, 0) is 0 Å². The molecule has 0 N–H and O–H groups in total. The van der Waals surface area contributed by atoms with E-state index in [4.69, 9.17) is 15.0 Å². The van der Waals surface area contributed by atoms with Gasteiger partial charge in [0.15, 0.2) is 17.5 Å². The van der Waals surface area contributed by atoms with Crippen LogP contribution in [0.2, 0.25) is 0 Å². The molecule has 9 aromatic carbocycles. The zero-order chi connectivity index (χ0) is 33.0. The Balaban J connectivity index is 1.28. The molecule has 10 rings (SSSR count). The minimum Gasteiger partial charge on any atom is -0.208 e. The molecule has 0 amide bonds. The molecule has 232 valence electrons. The number of nitrogens with zero attached hydrogens (tertiary/aromatic N) is 3. The largest absolute Gasteiger partial charge is 0.208 e. The van der Waals surface area contributed by atoms with Crippen LogP contribution >= 0.6 is 0 Å². The molecule has 0 fully saturated rings. The lowest BCUT2D eigenvalue weighted by Crippen LogP contribution is -2.01. The summed E-state index contributed by atoms with van der Waals surface area (Å²) in [6.45, 7) is 0. The van der Waals surface area contributed by atoms with E-state index < -0.39 is 0 Å². The van der Waals surface area contributed by atoms with Gasteiger partial charge in [-0.15, -0.1) is 0 Å². The van der Waals surface area contributed by atoms with Crippen molar-refractivity contribution in [1.29, 1.82) is 0 Å². The predicted octanol–water partition coefficient (Wildman–Crippen LogP) is 12.3. The normalized spacial score (nSPS) is 11.6. The molecule has 1 aromatic heterocycles. The Morgan fingerprint density at radius 1 is 0.260 bits per heavy atom. The highest BCUT2D eigenvalue weighted by Crippen LogP contribution is 2.41. The smallest absolute Gasteiger partial charge is 0.165 e. The summed E-state index contributed by atoms with van der Waals surface area (Å²) in [5.74, 6) is 1.96. The SMILES string of the molecule is c1ccc(-c2cccc3c2ccc2c(-c4nc(-c5ccc6ccccc6c5)nc(-c5ccc6ccccc6c5)n4)c4ccccc4cc23)cc1. The van der Waals surface area contributed by atoms with E-state index in [1.807, 2.05) is 0 Å². The molecule has 50 heavy (non-hydrogen) atoms. The Kier molecular flexibility index (Phi) is 6.49. The maximum atomic E-state index is 5.29. The van der Waals surface area contributed by atoms with Crippen molar-refractivity contribution in [3.63, 3.8) is 0 Å². The molecular weight excluding hydrogens is 607 g/mol. The molecular formula is C47H29N3. The van der Waals surface area contributed by atoms with E-state index in [2.05, 4.69) is 176 Å². The summed E-state index contributed by atoms with van der Waals surface area (Å²) < 4.78 is 0. The fraction of sp³-hybridized carbons (Fsp3) is 0. The Bertz CT molecular complexity index is 2830. The van der Waals surface area contributed by atoms with Crippen LogP contribution in [0.15, 0.2) is 176 Å². The molecule has 0 aliphatic heterocycles. The van der Waals surface area contributed by atoms with E-state index in [0.29, 0.717) is 17.5 Å². The maximum Gasteiger partial charge on any atom is 0.165 e.